The summed E-state index contributed by atoms with van der Waals surface area (Å²) in [5.74, 6) is 0. The highest BCUT2D eigenvalue weighted by Crippen LogP contribution is 2.21. The number of halogens is 1. The van der Waals surface area contributed by atoms with E-state index in [0.29, 0.717) is 0 Å². The van der Waals surface area contributed by atoms with Crippen LogP contribution in [0.5, 0.6) is 0 Å². The SMILES string of the molecule is CCn1c(C)cc(CNc2ccc(Cl)cc2C)c1C. The topological polar surface area (TPSA) is 17.0 Å². The van der Waals surface area contributed by atoms with Crippen molar-refractivity contribution in [2.24, 2.45) is 0 Å². The van der Waals surface area contributed by atoms with Crippen LogP contribution in [-0.2, 0) is 13.1 Å². The molecular formula is C16H21ClN2. The molecule has 0 aliphatic heterocycles. The molecule has 102 valence electrons. The Hall–Kier alpha value is -1.41. The summed E-state index contributed by atoms with van der Waals surface area (Å²) in [6.07, 6.45) is 0. The molecule has 1 N–H and O–H groups in total. The van der Waals surface area contributed by atoms with Gasteiger partial charge in [0.05, 0.1) is 0 Å². The molecule has 1 aromatic heterocycles. The fraction of sp³-hybridized carbons (Fsp3) is 0.375. The summed E-state index contributed by atoms with van der Waals surface area (Å²) in [7, 11) is 0. The van der Waals surface area contributed by atoms with E-state index in [9.17, 15) is 0 Å². The third-order valence-electron chi connectivity index (χ3n) is 3.65. The number of rotatable bonds is 4. The Morgan fingerprint density at radius 3 is 2.47 bits per heavy atom. The van der Waals surface area contributed by atoms with Gasteiger partial charge >= 0.3 is 0 Å². The monoisotopic (exact) mass is 276 g/mol. The fourth-order valence-corrected chi connectivity index (χ4v) is 2.78. The number of aryl methyl sites for hydroxylation is 2. The zero-order chi connectivity index (χ0) is 14.0. The third-order valence-corrected chi connectivity index (χ3v) is 3.89. The molecule has 0 amide bonds. The van der Waals surface area contributed by atoms with E-state index in [-0.39, 0.29) is 0 Å². The molecule has 0 saturated carbocycles. The second-order valence-corrected chi connectivity index (χ2v) is 5.39. The average Bonchev–Trinajstić information content (AvgIpc) is 2.63. The maximum absolute atomic E-state index is 5.97. The van der Waals surface area contributed by atoms with E-state index >= 15 is 0 Å². The summed E-state index contributed by atoms with van der Waals surface area (Å²) in [4.78, 5) is 0. The first kappa shape index (κ1) is 14.0. The van der Waals surface area contributed by atoms with Gasteiger partial charge in [-0.3, -0.25) is 0 Å². The Morgan fingerprint density at radius 1 is 1.16 bits per heavy atom. The van der Waals surface area contributed by atoms with Crippen LogP contribution in [-0.4, -0.2) is 4.57 Å². The van der Waals surface area contributed by atoms with E-state index < -0.39 is 0 Å². The molecule has 0 spiro atoms. The van der Waals surface area contributed by atoms with Crippen LogP contribution in [0, 0.1) is 20.8 Å². The van der Waals surface area contributed by atoms with Crippen molar-refractivity contribution in [1.82, 2.24) is 4.57 Å². The molecule has 0 aliphatic carbocycles. The lowest BCUT2D eigenvalue weighted by atomic mass is 10.2. The summed E-state index contributed by atoms with van der Waals surface area (Å²) < 4.78 is 2.34. The maximum Gasteiger partial charge on any atom is 0.0418 e. The van der Waals surface area contributed by atoms with Gasteiger partial charge in [-0.05, 0) is 63.1 Å². The Bertz CT molecular complexity index is 585. The molecule has 0 bridgehead atoms. The molecule has 0 unspecified atom stereocenters. The molecule has 0 aliphatic rings. The Balaban J connectivity index is 2.14. The van der Waals surface area contributed by atoms with Crippen LogP contribution < -0.4 is 5.32 Å². The second kappa shape index (κ2) is 5.70. The lowest BCUT2D eigenvalue weighted by Crippen LogP contribution is -2.04. The van der Waals surface area contributed by atoms with Crippen LogP contribution in [0.25, 0.3) is 0 Å². The van der Waals surface area contributed by atoms with Crippen molar-refractivity contribution in [3.63, 3.8) is 0 Å². The van der Waals surface area contributed by atoms with Crippen LogP contribution in [0.1, 0.15) is 29.4 Å². The number of benzene rings is 1. The van der Waals surface area contributed by atoms with Gasteiger partial charge in [0.1, 0.15) is 0 Å². The lowest BCUT2D eigenvalue weighted by Gasteiger charge is -2.10. The van der Waals surface area contributed by atoms with Gasteiger partial charge in [0.25, 0.3) is 0 Å². The van der Waals surface area contributed by atoms with Crippen molar-refractivity contribution < 1.29 is 0 Å². The standard InChI is InChI=1S/C16H21ClN2/c1-5-19-12(3)9-14(13(19)4)10-18-16-7-6-15(17)8-11(16)2/h6-9,18H,5,10H2,1-4H3. The van der Waals surface area contributed by atoms with E-state index in [4.69, 9.17) is 11.6 Å². The van der Waals surface area contributed by atoms with E-state index in [0.717, 1.165) is 23.8 Å². The predicted molar refractivity (Wildman–Crippen MR) is 83.1 cm³/mol. The van der Waals surface area contributed by atoms with Gasteiger partial charge in [-0.1, -0.05) is 11.6 Å². The maximum atomic E-state index is 5.97. The molecule has 19 heavy (non-hydrogen) atoms. The smallest absolute Gasteiger partial charge is 0.0418 e. The van der Waals surface area contributed by atoms with Gasteiger partial charge in [0, 0.05) is 35.2 Å². The molecule has 2 rings (SSSR count). The van der Waals surface area contributed by atoms with Gasteiger partial charge in [-0.25, -0.2) is 0 Å². The van der Waals surface area contributed by atoms with Crippen LogP contribution in [0.3, 0.4) is 0 Å². The zero-order valence-electron chi connectivity index (χ0n) is 12.0. The molecule has 0 radical (unpaired) electrons. The van der Waals surface area contributed by atoms with E-state index in [1.165, 1.54) is 22.5 Å². The van der Waals surface area contributed by atoms with Crippen molar-refractivity contribution in [2.75, 3.05) is 5.32 Å². The number of anilines is 1. The number of hydrogen-bond acceptors (Lipinski definition) is 1. The number of hydrogen-bond donors (Lipinski definition) is 1. The molecular weight excluding hydrogens is 256 g/mol. The van der Waals surface area contributed by atoms with Gasteiger partial charge < -0.3 is 9.88 Å². The molecule has 2 aromatic rings. The van der Waals surface area contributed by atoms with Crippen LogP contribution in [0.15, 0.2) is 24.3 Å². The Morgan fingerprint density at radius 2 is 1.89 bits per heavy atom. The first-order valence-electron chi connectivity index (χ1n) is 6.68. The third kappa shape index (κ3) is 2.95. The normalized spacial score (nSPS) is 10.8. The molecule has 3 heteroatoms. The summed E-state index contributed by atoms with van der Waals surface area (Å²) in [5.41, 5.74) is 6.35. The van der Waals surface area contributed by atoms with Crippen molar-refractivity contribution in [1.29, 1.82) is 0 Å². The highest BCUT2D eigenvalue weighted by atomic mass is 35.5. The van der Waals surface area contributed by atoms with E-state index in [2.05, 4.69) is 43.6 Å². The number of nitrogens with zero attached hydrogens (tertiary/aromatic N) is 1. The van der Waals surface area contributed by atoms with Gasteiger partial charge in [-0.15, -0.1) is 0 Å². The summed E-state index contributed by atoms with van der Waals surface area (Å²) in [6.45, 7) is 10.5. The van der Waals surface area contributed by atoms with Crippen LogP contribution in [0.2, 0.25) is 5.02 Å². The van der Waals surface area contributed by atoms with E-state index in [1.54, 1.807) is 0 Å². The Kier molecular flexibility index (Phi) is 4.20. The largest absolute Gasteiger partial charge is 0.381 e. The summed E-state index contributed by atoms with van der Waals surface area (Å²) >= 11 is 5.97. The first-order valence-corrected chi connectivity index (χ1v) is 7.06. The first-order chi connectivity index (χ1) is 9.02. The van der Waals surface area contributed by atoms with Crippen LogP contribution in [0.4, 0.5) is 5.69 Å². The van der Waals surface area contributed by atoms with E-state index in [1.807, 2.05) is 18.2 Å². The minimum Gasteiger partial charge on any atom is -0.381 e. The molecule has 1 heterocycles. The number of nitrogens with one attached hydrogen (secondary N) is 1. The fourth-order valence-electron chi connectivity index (χ4n) is 2.55. The molecule has 1 aromatic carbocycles. The molecule has 0 fully saturated rings. The van der Waals surface area contributed by atoms with Gasteiger partial charge in [0.15, 0.2) is 0 Å². The zero-order valence-corrected chi connectivity index (χ0v) is 12.8. The van der Waals surface area contributed by atoms with Crippen molar-refractivity contribution in [2.45, 2.75) is 40.8 Å². The summed E-state index contributed by atoms with van der Waals surface area (Å²) in [5, 5.41) is 4.27. The predicted octanol–water partition coefficient (Wildman–Crippen LogP) is 4.70. The van der Waals surface area contributed by atoms with Crippen molar-refractivity contribution >= 4 is 17.3 Å². The summed E-state index contributed by atoms with van der Waals surface area (Å²) in [6, 6.07) is 8.21. The average molecular weight is 277 g/mol. The van der Waals surface area contributed by atoms with Gasteiger partial charge in [-0.2, -0.15) is 0 Å². The van der Waals surface area contributed by atoms with Crippen molar-refractivity contribution in [3.05, 3.63) is 51.8 Å². The van der Waals surface area contributed by atoms with Crippen molar-refractivity contribution in [3.8, 4) is 0 Å². The minimum absolute atomic E-state index is 0.784. The molecule has 2 nitrogen and oxygen atoms in total. The number of aromatic nitrogens is 1. The quantitative estimate of drug-likeness (QED) is 0.857. The lowest BCUT2D eigenvalue weighted by molar-refractivity contribution is 0.715. The highest BCUT2D eigenvalue weighted by molar-refractivity contribution is 6.30. The minimum atomic E-state index is 0.784. The Labute approximate surface area is 120 Å². The highest BCUT2D eigenvalue weighted by Gasteiger charge is 2.07. The van der Waals surface area contributed by atoms with Gasteiger partial charge in [0.2, 0.25) is 0 Å². The molecule has 0 atom stereocenters. The molecule has 0 saturated heterocycles. The second-order valence-electron chi connectivity index (χ2n) is 4.95. The van der Waals surface area contributed by atoms with Crippen LogP contribution >= 0.6 is 11.6 Å².